The molecule has 122 valence electrons. The van der Waals surface area contributed by atoms with Gasteiger partial charge in [-0.3, -0.25) is 4.79 Å². The fourth-order valence-corrected chi connectivity index (χ4v) is 3.72. The van der Waals surface area contributed by atoms with Crippen LogP contribution in [0.2, 0.25) is 0 Å². The van der Waals surface area contributed by atoms with Crippen LogP contribution in [0, 0.1) is 5.41 Å². The zero-order chi connectivity index (χ0) is 16.4. The summed E-state index contributed by atoms with van der Waals surface area (Å²) in [5.74, 6) is 8.44. The first-order valence-corrected chi connectivity index (χ1v) is 8.22. The Morgan fingerprint density at radius 3 is 2.87 bits per heavy atom. The first-order valence-electron chi connectivity index (χ1n) is 8.22. The molecule has 1 aromatic carbocycles. The van der Waals surface area contributed by atoms with Crippen LogP contribution in [0.3, 0.4) is 0 Å². The second-order valence-corrected chi connectivity index (χ2v) is 6.62. The van der Waals surface area contributed by atoms with Crippen LogP contribution in [-0.4, -0.2) is 18.6 Å². The van der Waals surface area contributed by atoms with Crippen molar-refractivity contribution in [1.82, 2.24) is 0 Å². The molecular weight excluding hydrogens is 288 g/mol. The van der Waals surface area contributed by atoms with Crippen LogP contribution >= 0.6 is 0 Å². The minimum Gasteiger partial charge on any atom is -0.617 e. The zero-order valence-corrected chi connectivity index (χ0v) is 13.8. The molecule has 0 radical (unpaired) electrons. The standard InChI is InChI=1S/C19H23N2O2/c1-19(17(21-20)8-9-18(19)22)11-10-13-4-3-5-14-12-15(23-2)6-7-16(13)14/h6-7,10,12,20H,3-5,8-9,11H2,1-2H3/q-1/b13-10+,21-17+. The monoisotopic (exact) mass is 311 g/mol. The molecule has 3 rings (SSSR count). The number of methoxy groups -OCH3 is 1. The van der Waals surface area contributed by atoms with E-state index in [-0.39, 0.29) is 5.78 Å². The summed E-state index contributed by atoms with van der Waals surface area (Å²) in [6, 6.07) is 6.23. The van der Waals surface area contributed by atoms with E-state index in [9.17, 15) is 4.79 Å². The highest BCUT2D eigenvalue weighted by Gasteiger charge is 2.41. The second-order valence-electron chi connectivity index (χ2n) is 6.62. The summed E-state index contributed by atoms with van der Waals surface area (Å²) in [4.78, 5) is 12.3. The van der Waals surface area contributed by atoms with E-state index < -0.39 is 5.41 Å². The van der Waals surface area contributed by atoms with Crippen LogP contribution in [0.5, 0.6) is 5.75 Å². The van der Waals surface area contributed by atoms with E-state index in [4.69, 9.17) is 10.6 Å². The molecule has 4 nitrogen and oxygen atoms in total. The second kappa shape index (κ2) is 6.19. The van der Waals surface area contributed by atoms with E-state index in [0.717, 1.165) is 30.7 Å². The number of hydrogen-bond donors (Lipinski definition) is 0. The maximum Gasteiger partial charge on any atom is 0.144 e. The summed E-state index contributed by atoms with van der Waals surface area (Å²) in [5, 5.41) is 3.62. The molecule has 2 aliphatic rings. The first-order chi connectivity index (χ1) is 11.1. The first kappa shape index (κ1) is 15.8. The molecule has 0 amide bonds. The van der Waals surface area contributed by atoms with Gasteiger partial charge in [0.05, 0.1) is 12.5 Å². The molecule has 2 aliphatic carbocycles. The number of allylic oxidation sites excluding steroid dienone is 2. The Bertz CT molecular complexity index is 691. The number of rotatable bonds is 3. The fourth-order valence-electron chi connectivity index (χ4n) is 3.72. The molecule has 0 saturated heterocycles. The zero-order valence-electron chi connectivity index (χ0n) is 13.8. The Kier molecular flexibility index (Phi) is 4.24. The average Bonchev–Trinajstić information content (AvgIpc) is 2.87. The van der Waals surface area contributed by atoms with Gasteiger partial charge < -0.3 is 15.7 Å². The van der Waals surface area contributed by atoms with Crippen LogP contribution in [-0.2, 0) is 11.2 Å². The molecule has 1 saturated carbocycles. The average molecular weight is 311 g/mol. The summed E-state index contributed by atoms with van der Waals surface area (Å²) in [7, 11) is 1.69. The van der Waals surface area contributed by atoms with Gasteiger partial charge in [-0.05, 0) is 67.9 Å². The Hall–Kier alpha value is -2.10. The van der Waals surface area contributed by atoms with Crippen LogP contribution < -0.4 is 4.74 Å². The smallest absolute Gasteiger partial charge is 0.144 e. The topological polar surface area (TPSA) is 62.5 Å². The van der Waals surface area contributed by atoms with Gasteiger partial charge in [0.25, 0.3) is 0 Å². The molecule has 0 aromatic heterocycles. The number of aryl methyl sites for hydroxylation is 1. The third kappa shape index (κ3) is 2.78. The van der Waals surface area contributed by atoms with Crippen molar-refractivity contribution in [1.29, 1.82) is 0 Å². The number of carbonyl (C=O) groups is 1. The lowest BCUT2D eigenvalue weighted by Crippen LogP contribution is -2.28. The highest BCUT2D eigenvalue weighted by atomic mass is 16.5. The normalized spacial score (nSPS) is 27.5. The number of benzene rings is 1. The van der Waals surface area contributed by atoms with Gasteiger partial charge in [0.15, 0.2) is 0 Å². The minimum absolute atomic E-state index is 0.214. The molecular formula is C19H23N2O2-. The number of fused-ring (bicyclic) bond motifs is 1. The van der Waals surface area contributed by atoms with Crippen LogP contribution in [0.25, 0.3) is 11.4 Å². The van der Waals surface area contributed by atoms with Crippen LogP contribution in [0.15, 0.2) is 29.4 Å². The summed E-state index contributed by atoms with van der Waals surface area (Å²) < 4.78 is 5.31. The number of carbonyl (C=O) groups excluding carboxylic acids is 1. The Balaban J connectivity index is 1.89. The van der Waals surface area contributed by atoms with Gasteiger partial charge in [-0.25, -0.2) is 0 Å². The van der Waals surface area contributed by atoms with Gasteiger partial charge in [0.2, 0.25) is 0 Å². The van der Waals surface area contributed by atoms with Crippen molar-refractivity contribution in [2.45, 2.75) is 45.4 Å². The molecule has 1 N–H and O–H groups in total. The van der Waals surface area contributed by atoms with Gasteiger partial charge in [-0.15, -0.1) is 0 Å². The van der Waals surface area contributed by atoms with Gasteiger partial charge in [0, 0.05) is 12.1 Å². The SMILES string of the molecule is COc1ccc2c(c1)CCC/C2=C\CC1(C)C(=O)CC/C1=N\[NH-]. The van der Waals surface area contributed by atoms with E-state index in [1.165, 1.54) is 16.7 Å². The van der Waals surface area contributed by atoms with E-state index in [1.807, 2.05) is 13.0 Å². The van der Waals surface area contributed by atoms with E-state index in [2.05, 4.69) is 23.3 Å². The third-order valence-electron chi connectivity index (χ3n) is 5.28. The number of hydrogen-bond acceptors (Lipinski definition) is 3. The van der Waals surface area contributed by atoms with E-state index >= 15 is 0 Å². The largest absolute Gasteiger partial charge is 0.617 e. The van der Waals surface area contributed by atoms with Crippen LogP contribution in [0.4, 0.5) is 0 Å². The number of Topliss-reactive ketones (excluding diaryl/α,β-unsaturated/α-hetero) is 1. The molecule has 4 heteroatoms. The number of ketones is 1. The van der Waals surface area contributed by atoms with Crippen molar-refractivity contribution in [2.24, 2.45) is 10.5 Å². The van der Waals surface area contributed by atoms with Crippen molar-refractivity contribution < 1.29 is 9.53 Å². The van der Waals surface area contributed by atoms with Crippen molar-refractivity contribution in [2.75, 3.05) is 7.11 Å². The molecule has 1 atom stereocenters. The van der Waals surface area contributed by atoms with Crippen molar-refractivity contribution in [3.05, 3.63) is 41.2 Å². The predicted molar refractivity (Wildman–Crippen MR) is 92.6 cm³/mol. The molecule has 1 unspecified atom stereocenters. The van der Waals surface area contributed by atoms with Crippen molar-refractivity contribution in [3.8, 4) is 5.75 Å². The number of nitrogens with zero attached hydrogens (tertiary/aromatic N) is 1. The van der Waals surface area contributed by atoms with Gasteiger partial charge in [0.1, 0.15) is 11.5 Å². The lowest BCUT2D eigenvalue weighted by Gasteiger charge is -2.25. The molecule has 0 heterocycles. The maximum absolute atomic E-state index is 12.3. The molecule has 1 fully saturated rings. The number of nitrogens with one attached hydrogen (secondary N) is 1. The van der Waals surface area contributed by atoms with E-state index in [0.29, 0.717) is 19.3 Å². The van der Waals surface area contributed by atoms with E-state index in [1.54, 1.807) is 7.11 Å². The van der Waals surface area contributed by atoms with Gasteiger partial charge in [-0.2, -0.15) is 0 Å². The summed E-state index contributed by atoms with van der Waals surface area (Å²) in [6.45, 7) is 1.94. The lowest BCUT2D eigenvalue weighted by molar-refractivity contribution is -0.123. The lowest BCUT2D eigenvalue weighted by atomic mass is 9.80. The van der Waals surface area contributed by atoms with Gasteiger partial charge >= 0.3 is 0 Å². The Morgan fingerprint density at radius 1 is 1.30 bits per heavy atom. The maximum atomic E-state index is 12.3. The summed E-state index contributed by atoms with van der Waals surface area (Å²) in [6.07, 6.45) is 7.22. The highest BCUT2D eigenvalue weighted by molar-refractivity contribution is 6.15. The van der Waals surface area contributed by atoms with Gasteiger partial charge in [-0.1, -0.05) is 12.1 Å². The molecule has 0 bridgehead atoms. The Labute approximate surface area is 137 Å². The van der Waals surface area contributed by atoms with Crippen LogP contribution in [0.1, 0.15) is 50.2 Å². The quantitative estimate of drug-likeness (QED) is 0.767. The fraction of sp³-hybridized carbons (Fsp3) is 0.474. The number of ether oxygens (including phenoxy) is 1. The molecule has 0 spiro atoms. The molecule has 1 aromatic rings. The van der Waals surface area contributed by atoms with Crippen molar-refractivity contribution >= 4 is 17.1 Å². The third-order valence-corrected chi connectivity index (χ3v) is 5.28. The molecule has 23 heavy (non-hydrogen) atoms. The summed E-state index contributed by atoms with van der Waals surface area (Å²) >= 11 is 0. The highest BCUT2D eigenvalue weighted by Crippen LogP contribution is 2.39. The molecule has 0 aliphatic heterocycles. The minimum atomic E-state index is -0.584. The predicted octanol–water partition coefficient (Wildman–Crippen LogP) is 4.58. The summed E-state index contributed by atoms with van der Waals surface area (Å²) in [5.41, 5.74) is 4.04. The van der Waals surface area contributed by atoms with Crippen molar-refractivity contribution in [3.63, 3.8) is 0 Å². The Morgan fingerprint density at radius 2 is 2.13 bits per heavy atom.